The van der Waals surface area contributed by atoms with Crippen molar-refractivity contribution >= 4 is 22.6 Å². The minimum atomic E-state index is 0.556. The van der Waals surface area contributed by atoms with Crippen LogP contribution in [-0.4, -0.2) is 11.0 Å². The summed E-state index contributed by atoms with van der Waals surface area (Å²) >= 11 is 2.16. The van der Waals surface area contributed by atoms with Gasteiger partial charge in [0.15, 0.2) is 0 Å². The van der Waals surface area contributed by atoms with Gasteiger partial charge in [-0.15, -0.1) is 0 Å². The highest BCUT2D eigenvalue weighted by atomic mass is 127. The number of hydrogen-bond donors (Lipinski definition) is 0. The molecule has 0 aliphatic carbocycles. The molecule has 0 unspecified atom stereocenters. The van der Waals surface area contributed by atoms with Crippen molar-refractivity contribution in [3.8, 4) is 0 Å². The minimum Gasteiger partial charge on any atom is -0.257 e. The molecule has 0 aliphatic rings. The van der Waals surface area contributed by atoms with E-state index in [1.54, 1.807) is 0 Å². The van der Waals surface area contributed by atoms with E-state index in [4.69, 9.17) is 5.73 Å². The van der Waals surface area contributed by atoms with E-state index >= 15 is 0 Å². The average Bonchev–Trinajstić information content (AvgIpc) is 1.37. The maximum Gasteiger partial charge on any atom is 0.0190 e. The molecule has 0 amide bonds. The van der Waals surface area contributed by atoms with Gasteiger partial charge in [0.2, 0.25) is 0 Å². The second-order valence-corrected chi connectivity index (χ2v) is 1.52. The second kappa shape index (κ2) is 3.69. The lowest BCUT2D eigenvalue weighted by Crippen LogP contribution is -1.79. The highest BCUT2D eigenvalue weighted by molar-refractivity contribution is 14.1. The van der Waals surface area contributed by atoms with E-state index in [1.807, 2.05) is 0 Å². The smallest absolute Gasteiger partial charge is 0.0190 e. The van der Waals surface area contributed by atoms with Crippen LogP contribution in [0.5, 0.6) is 0 Å². The predicted octanol–water partition coefficient (Wildman–Crippen LogP) is 0.704. The number of halogens is 1. The first-order valence-corrected chi connectivity index (χ1v) is 2.65. The fourth-order valence-electron chi connectivity index (χ4n) is 0. The van der Waals surface area contributed by atoms with Crippen molar-refractivity contribution in [1.82, 2.24) is 5.73 Å². The maximum absolute atomic E-state index is 6.44. The van der Waals surface area contributed by atoms with Crippen molar-refractivity contribution in [2.75, 3.05) is 11.0 Å². The van der Waals surface area contributed by atoms with Gasteiger partial charge in [-0.05, 0) is 0 Å². The molecule has 4 heavy (non-hydrogen) atoms. The van der Waals surface area contributed by atoms with Crippen LogP contribution in [0.1, 0.15) is 0 Å². The van der Waals surface area contributed by atoms with E-state index in [2.05, 4.69) is 22.6 Å². The van der Waals surface area contributed by atoms with Crippen LogP contribution in [0.4, 0.5) is 0 Å². The van der Waals surface area contributed by atoms with Crippen molar-refractivity contribution in [3.63, 3.8) is 0 Å². The lowest BCUT2D eigenvalue weighted by molar-refractivity contribution is 1.12. The largest absolute Gasteiger partial charge is 0.257 e. The summed E-state index contributed by atoms with van der Waals surface area (Å²) in [5.74, 6) is 0. The van der Waals surface area contributed by atoms with E-state index in [9.17, 15) is 0 Å². The quantitative estimate of drug-likeness (QED) is 0.408. The highest BCUT2D eigenvalue weighted by Crippen LogP contribution is 1.71. The fourth-order valence-corrected chi connectivity index (χ4v) is 0. The fraction of sp³-hybridized carbons (Fsp3) is 1.00. The molecule has 1 N–H and O–H groups in total. The lowest BCUT2D eigenvalue weighted by Gasteiger charge is -1.66. The summed E-state index contributed by atoms with van der Waals surface area (Å²) in [6.45, 7) is 0.556. The van der Waals surface area contributed by atoms with E-state index in [0.717, 1.165) is 4.43 Å². The van der Waals surface area contributed by atoms with Gasteiger partial charge in [0.1, 0.15) is 0 Å². The van der Waals surface area contributed by atoms with E-state index in [1.165, 1.54) is 0 Å². The Balaban J connectivity index is 1.97. The zero-order valence-electron chi connectivity index (χ0n) is 2.29. The maximum atomic E-state index is 6.44. The molecule has 1 radical (unpaired) electrons. The molecule has 0 saturated carbocycles. The first-order valence-electron chi connectivity index (χ1n) is 1.12. The van der Waals surface area contributed by atoms with Crippen LogP contribution in [0.2, 0.25) is 0 Å². The Hall–Kier alpha value is 0.690. The third-order valence-electron chi connectivity index (χ3n) is 0.0945. The van der Waals surface area contributed by atoms with E-state index in [0.29, 0.717) is 6.54 Å². The van der Waals surface area contributed by atoms with Crippen molar-refractivity contribution < 1.29 is 0 Å². The molecule has 25 valence electrons. The van der Waals surface area contributed by atoms with Crippen LogP contribution < -0.4 is 5.73 Å². The molecule has 0 atom stereocenters. The van der Waals surface area contributed by atoms with Crippen LogP contribution in [0.15, 0.2) is 0 Å². The molecule has 0 aromatic rings. The first kappa shape index (κ1) is 4.69. The van der Waals surface area contributed by atoms with Crippen molar-refractivity contribution in [2.24, 2.45) is 0 Å². The molecule has 0 heterocycles. The Kier molecular flexibility index (Phi) is 4.33. The van der Waals surface area contributed by atoms with E-state index in [-0.39, 0.29) is 0 Å². The molecule has 0 saturated heterocycles. The molecule has 0 bridgehead atoms. The Morgan fingerprint density at radius 1 is 1.75 bits per heavy atom. The summed E-state index contributed by atoms with van der Waals surface area (Å²) in [5.41, 5.74) is 6.44. The molecule has 0 aliphatic heterocycles. The normalized spacial score (nSPS) is 7.50. The Morgan fingerprint density at radius 2 is 2.00 bits per heavy atom. The topological polar surface area (TPSA) is 23.8 Å². The molecule has 1 nitrogen and oxygen atoms in total. The van der Waals surface area contributed by atoms with Crippen molar-refractivity contribution in [3.05, 3.63) is 0 Å². The lowest BCUT2D eigenvalue weighted by atomic mass is 10.8. The molecule has 0 aromatic carbocycles. The van der Waals surface area contributed by atoms with Crippen LogP contribution in [0, 0.1) is 0 Å². The highest BCUT2D eigenvalue weighted by Gasteiger charge is 1.59. The summed E-state index contributed by atoms with van der Waals surface area (Å²) in [4.78, 5) is 0. The third kappa shape index (κ3) is 2.69. The number of alkyl halides is 1. The van der Waals surface area contributed by atoms with Gasteiger partial charge in [-0.1, -0.05) is 22.6 Å². The molecular formula is C2H5IN. The van der Waals surface area contributed by atoms with Crippen LogP contribution in [-0.2, 0) is 0 Å². The molecule has 0 spiro atoms. The van der Waals surface area contributed by atoms with Gasteiger partial charge < -0.3 is 0 Å². The van der Waals surface area contributed by atoms with Gasteiger partial charge in [0.25, 0.3) is 0 Å². The molecular weight excluding hydrogens is 165 g/mol. The summed E-state index contributed by atoms with van der Waals surface area (Å²) in [5, 5.41) is 0. The molecule has 0 rings (SSSR count). The number of nitrogens with one attached hydrogen (secondary N) is 1. The third-order valence-corrected chi connectivity index (χ3v) is 0.634. The number of hydrogen-bond acceptors (Lipinski definition) is 0. The zero-order valence-corrected chi connectivity index (χ0v) is 4.45. The van der Waals surface area contributed by atoms with Crippen LogP contribution in [0.3, 0.4) is 0 Å². The summed E-state index contributed by atoms with van der Waals surface area (Å²) in [6.07, 6.45) is 0. The van der Waals surface area contributed by atoms with Gasteiger partial charge in [0, 0.05) is 11.0 Å². The summed E-state index contributed by atoms with van der Waals surface area (Å²) < 4.78 is 0.956. The van der Waals surface area contributed by atoms with E-state index < -0.39 is 0 Å². The Labute approximate surface area is 39.7 Å². The van der Waals surface area contributed by atoms with Gasteiger partial charge >= 0.3 is 0 Å². The van der Waals surface area contributed by atoms with Crippen LogP contribution >= 0.6 is 22.6 Å². The predicted molar refractivity (Wildman–Crippen MR) is 26.9 cm³/mol. The van der Waals surface area contributed by atoms with Crippen molar-refractivity contribution in [1.29, 1.82) is 0 Å². The van der Waals surface area contributed by atoms with Crippen molar-refractivity contribution in [2.45, 2.75) is 0 Å². The molecule has 0 aromatic heterocycles. The van der Waals surface area contributed by atoms with Gasteiger partial charge in [-0.3, -0.25) is 5.73 Å². The SMILES string of the molecule is [NH]CCI. The van der Waals surface area contributed by atoms with Gasteiger partial charge in [-0.2, -0.15) is 0 Å². The van der Waals surface area contributed by atoms with Gasteiger partial charge in [-0.25, -0.2) is 0 Å². The summed E-state index contributed by atoms with van der Waals surface area (Å²) in [7, 11) is 0. The molecule has 0 fully saturated rings. The standard InChI is InChI=1S/C2H5IN/c3-1-2-4/h4H,1-2H2. The zero-order chi connectivity index (χ0) is 3.41. The second-order valence-electron chi connectivity index (χ2n) is 0.439. The number of rotatable bonds is 1. The first-order chi connectivity index (χ1) is 1.91. The Morgan fingerprint density at radius 3 is 2.00 bits per heavy atom. The van der Waals surface area contributed by atoms with Crippen LogP contribution in [0.25, 0.3) is 0 Å². The summed E-state index contributed by atoms with van der Waals surface area (Å²) in [6, 6.07) is 0. The monoisotopic (exact) mass is 170 g/mol. The minimum absolute atomic E-state index is 0.556. The van der Waals surface area contributed by atoms with Gasteiger partial charge in [0.05, 0.1) is 0 Å². The molecule has 2 heteroatoms. The Bertz CT molecular complexity index is 8.00. The average molecular weight is 170 g/mol.